The number of Topliss-reactive ketones (excluding diaryl/α,β-unsaturated/α-hetero) is 1. The Morgan fingerprint density at radius 2 is 1.81 bits per heavy atom. The topological polar surface area (TPSA) is 17.1 Å². The Hall–Kier alpha value is -1.45. The van der Waals surface area contributed by atoms with Crippen LogP contribution in [0.4, 0.5) is 13.2 Å². The van der Waals surface area contributed by atoms with E-state index < -0.39 is 12.1 Å². The van der Waals surface area contributed by atoms with E-state index in [1.165, 1.54) is 6.08 Å². The van der Waals surface area contributed by atoms with Crippen LogP contribution in [-0.2, 0) is 0 Å². The standard InChI is InChI=1S/C23H15BrCl3F3O/c1-2-22(7-8-22)12-20(31)15-5-3-13(9-17(15)24)4-6-16(23(28,29)30)14-10-18(25)21(27)19(26)11-14/h1,3-6,9-11,16H,7-8,12H2/b6-4+. The lowest BCUT2D eigenvalue weighted by atomic mass is 9.95. The molecule has 1 nitrogen and oxygen atoms in total. The zero-order valence-electron chi connectivity index (χ0n) is 15.9. The fraction of sp³-hybridized carbons (Fsp3) is 0.261. The van der Waals surface area contributed by atoms with Crippen molar-refractivity contribution in [2.75, 3.05) is 0 Å². The van der Waals surface area contributed by atoms with E-state index in [0.29, 0.717) is 15.6 Å². The lowest BCUT2D eigenvalue weighted by molar-refractivity contribution is -0.139. The van der Waals surface area contributed by atoms with Crippen LogP contribution in [0.1, 0.15) is 46.7 Å². The number of ketones is 1. The maximum atomic E-state index is 13.7. The van der Waals surface area contributed by atoms with Gasteiger partial charge >= 0.3 is 6.18 Å². The number of alkyl halides is 3. The smallest absolute Gasteiger partial charge is 0.294 e. The molecule has 0 spiro atoms. The summed E-state index contributed by atoms with van der Waals surface area (Å²) in [4.78, 5) is 12.5. The highest BCUT2D eigenvalue weighted by Gasteiger charge is 2.43. The van der Waals surface area contributed by atoms with Gasteiger partial charge in [0.1, 0.15) is 0 Å². The van der Waals surface area contributed by atoms with Crippen LogP contribution in [0.25, 0.3) is 6.08 Å². The summed E-state index contributed by atoms with van der Waals surface area (Å²) in [5.74, 6) is 0.637. The molecule has 0 N–H and O–H groups in total. The number of rotatable bonds is 6. The third-order valence-electron chi connectivity index (χ3n) is 5.15. The number of carbonyl (C=O) groups is 1. The van der Waals surface area contributed by atoms with Gasteiger partial charge in [0.05, 0.1) is 21.0 Å². The second kappa shape index (κ2) is 9.19. The molecular weight excluding hydrogens is 536 g/mol. The van der Waals surface area contributed by atoms with Crippen molar-refractivity contribution in [1.82, 2.24) is 0 Å². The van der Waals surface area contributed by atoms with E-state index in [1.807, 2.05) is 0 Å². The lowest BCUT2D eigenvalue weighted by Crippen LogP contribution is -2.19. The molecule has 0 amide bonds. The highest BCUT2D eigenvalue weighted by Crippen LogP contribution is 2.49. The van der Waals surface area contributed by atoms with Crippen molar-refractivity contribution in [1.29, 1.82) is 0 Å². The molecule has 1 fully saturated rings. The Kier molecular flexibility index (Phi) is 7.18. The molecule has 0 aliphatic heterocycles. The summed E-state index contributed by atoms with van der Waals surface area (Å²) in [6.07, 6.45) is 5.17. The summed E-state index contributed by atoms with van der Waals surface area (Å²) in [6.45, 7) is 0. The van der Waals surface area contributed by atoms with E-state index in [1.54, 1.807) is 18.2 Å². The Morgan fingerprint density at radius 1 is 1.19 bits per heavy atom. The molecule has 1 atom stereocenters. The molecule has 1 unspecified atom stereocenters. The zero-order chi connectivity index (χ0) is 23.0. The van der Waals surface area contributed by atoms with E-state index in [9.17, 15) is 18.0 Å². The van der Waals surface area contributed by atoms with Crippen LogP contribution in [0, 0.1) is 17.8 Å². The first-order valence-corrected chi connectivity index (χ1v) is 11.1. The van der Waals surface area contributed by atoms with Gasteiger partial charge in [-0.25, -0.2) is 0 Å². The Balaban J connectivity index is 1.85. The van der Waals surface area contributed by atoms with Gasteiger partial charge in [0.15, 0.2) is 5.78 Å². The first-order valence-electron chi connectivity index (χ1n) is 9.16. The number of hydrogen-bond acceptors (Lipinski definition) is 1. The summed E-state index contributed by atoms with van der Waals surface area (Å²) >= 11 is 21.0. The number of carbonyl (C=O) groups excluding carboxylic acids is 1. The van der Waals surface area contributed by atoms with E-state index >= 15 is 0 Å². The summed E-state index contributed by atoms with van der Waals surface area (Å²) in [7, 11) is 0. The van der Waals surface area contributed by atoms with Crippen LogP contribution in [0.2, 0.25) is 15.1 Å². The molecule has 0 radical (unpaired) electrons. The van der Waals surface area contributed by atoms with Crippen molar-refractivity contribution < 1.29 is 18.0 Å². The largest absolute Gasteiger partial charge is 0.399 e. The molecule has 1 aliphatic carbocycles. The molecule has 3 rings (SSSR count). The highest BCUT2D eigenvalue weighted by atomic mass is 79.9. The molecular formula is C23H15BrCl3F3O. The van der Waals surface area contributed by atoms with Crippen LogP contribution in [0.15, 0.2) is 40.9 Å². The van der Waals surface area contributed by atoms with Gasteiger partial charge in [0, 0.05) is 21.9 Å². The molecule has 0 heterocycles. The average Bonchev–Trinajstić information content (AvgIpc) is 3.45. The summed E-state index contributed by atoms with van der Waals surface area (Å²) in [6, 6.07) is 7.05. The minimum absolute atomic E-state index is 0.000938. The molecule has 2 aromatic carbocycles. The van der Waals surface area contributed by atoms with Crippen LogP contribution < -0.4 is 0 Å². The minimum atomic E-state index is -4.57. The Morgan fingerprint density at radius 3 is 2.29 bits per heavy atom. The van der Waals surface area contributed by atoms with Gasteiger partial charge in [-0.3, -0.25) is 4.79 Å². The van der Waals surface area contributed by atoms with Gasteiger partial charge in [-0.05, 0) is 48.2 Å². The van der Waals surface area contributed by atoms with E-state index in [0.717, 1.165) is 31.1 Å². The Bertz CT molecular complexity index is 1080. The van der Waals surface area contributed by atoms with Crippen LogP contribution in [-0.4, -0.2) is 12.0 Å². The maximum Gasteiger partial charge on any atom is 0.399 e. The lowest BCUT2D eigenvalue weighted by Gasteiger charge is -2.18. The quantitative estimate of drug-likeness (QED) is 0.200. The predicted octanol–water partition coefficient (Wildman–Crippen LogP) is 8.75. The molecule has 2 aromatic rings. The monoisotopic (exact) mass is 548 g/mol. The molecule has 0 bridgehead atoms. The second-order valence-corrected chi connectivity index (χ2v) is 9.49. The number of halogens is 7. The van der Waals surface area contributed by atoms with Crippen LogP contribution in [0.3, 0.4) is 0 Å². The van der Waals surface area contributed by atoms with Crippen LogP contribution >= 0.6 is 50.7 Å². The van der Waals surface area contributed by atoms with Gasteiger partial charge in [0.25, 0.3) is 0 Å². The SMILES string of the molecule is C#CC1(CC(=O)c2ccc(/C=C/C(c3cc(Cl)c(Cl)c(Cl)c3)C(F)(F)F)cc2Br)CC1. The molecule has 1 saturated carbocycles. The Labute approximate surface area is 201 Å². The average molecular weight is 551 g/mol. The van der Waals surface area contributed by atoms with Gasteiger partial charge in [-0.2, -0.15) is 13.2 Å². The number of benzene rings is 2. The first kappa shape index (κ1) is 24.2. The molecule has 162 valence electrons. The number of hydrogen-bond donors (Lipinski definition) is 0. The summed E-state index contributed by atoms with van der Waals surface area (Å²) in [5.41, 5.74) is 0.457. The number of terminal acetylenes is 1. The van der Waals surface area contributed by atoms with Crippen LogP contribution in [0.5, 0.6) is 0 Å². The van der Waals surface area contributed by atoms with Crippen molar-refractivity contribution >= 4 is 62.6 Å². The molecule has 8 heteroatoms. The van der Waals surface area contributed by atoms with Gasteiger partial charge < -0.3 is 0 Å². The van der Waals surface area contributed by atoms with Crippen molar-refractivity contribution in [2.45, 2.75) is 31.4 Å². The van der Waals surface area contributed by atoms with E-state index in [2.05, 4.69) is 21.9 Å². The predicted molar refractivity (Wildman–Crippen MR) is 123 cm³/mol. The van der Waals surface area contributed by atoms with E-state index in [4.69, 9.17) is 41.2 Å². The van der Waals surface area contributed by atoms with Gasteiger partial charge in [-0.1, -0.05) is 74.9 Å². The van der Waals surface area contributed by atoms with Gasteiger partial charge in [-0.15, -0.1) is 6.42 Å². The fourth-order valence-corrected chi connectivity index (χ4v) is 4.39. The third-order valence-corrected chi connectivity index (χ3v) is 7.00. The summed E-state index contributed by atoms with van der Waals surface area (Å²) in [5, 5.41) is -0.116. The maximum absolute atomic E-state index is 13.7. The molecule has 0 aromatic heterocycles. The molecule has 1 aliphatic rings. The highest BCUT2D eigenvalue weighted by molar-refractivity contribution is 9.10. The van der Waals surface area contributed by atoms with Crippen molar-refractivity contribution in [2.24, 2.45) is 5.41 Å². The van der Waals surface area contributed by atoms with E-state index in [-0.39, 0.29) is 38.3 Å². The number of allylic oxidation sites excluding steroid dienone is 1. The van der Waals surface area contributed by atoms with Crippen molar-refractivity contribution in [3.63, 3.8) is 0 Å². The normalized spacial score (nSPS) is 16.2. The molecule has 31 heavy (non-hydrogen) atoms. The molecule has 0 saturated heterocycles. The fourth-order valence-electron chi connectivity index (χ4n) is 3.16. The first-order chi connectivity index (χ1) is 14.5. The minimum Gasteiger partial charge on any atom is -0.294 e. The van der Waals surface area contributed by atoms with Gasteiger partial charge in [0.2, 0.25) is 0 Å². The second-order valence-electron chi connectivity index (χ2n) is 7.44. The van der Waals surface area contributed by atoms with Crippen molar-refractivity contribution in [3.05, 3.63) is 72.6 Å². The summed E-state index contributed by atoms with van der Waals surface area (Å²) < 4.78 is 41.5. The zero-order valence-corrected chi connectivity index (χ0v) is 19.7. The third kappa shape index (κ3) is 5.68. The van der Waals surface area contributed by atoms with Crippen molar-refractivity contribution in [3.8, 4) is 12.3 Å².